The van der Waals surface area contributed by atoms with Crippen molar-refractivity contribution in [1.29, 1.82) is 0 Å². The summed E-state index contributed by atoms with van der Waals surface area (Å²) in [6.07, 6.45) is 0.866. The fraction of sp³-hybridized carbons (Fsp3) is 0.600. The molecule has 0 heterocycles. The van der Waals surface area contributed by atoms with Crippen molar-refractivity contribution in [1.82, 2.24) is 15.1 Å². The molecule has 8 nitrogen and oxygen atoms in total. The normalized spacial score (nSPS) is 10.7. The number of hydrogen-bond donors (Lipinski definition) is 1. The van der Waals surface area contributed by atoms with Crippen LogP contribution in [-0.2, 0) is 9.53 Å². The second-order valence-corrected chi connectivity index (χ2v) is 6.35. The lowest BCUT2D eigenvalue weighted by Gasteiger charge is -2.23. The molecule has 0 saturated heterocycles. The molecule has 0 unspecified atom stereocenters. The largest absolute Gasteiger partial charge is 0.497 e. The molecule has 0 radical (unpaired) electrons. The molecular formula is C20H35IN4O4. The summed E-state index contributed by atoms with van der Waals surface area (Å²) in [5, 5.41) is 3.29. The van der Waals surface area contributed by atoms with Crippen molar-refractivity contribution in [2.45, 2.75) is 13.3 Å². The molecule has 0 fully saturated rings. The summed E-state index contributed by atoms with van der Waals surface area (Å²) in [6, 6.07) is 7.46. The van der Waals surface area contributed by atoms with E-state index >= 15 is 0 Å². The van der Waals surface area contributed by atoms with Gasteiger partial charge in [-0.15, -0.1) is 24.0 Å². The molecule has 0 aliphatic rings. The van der Waals surface area contributed by atoms with Gasteiger partial charge in [0.15, 0.2) is 5.96 Å². The van der Waals surface area contributed by atoms with Crippen LogP contribution in [0, 0.1) is 0 Å². The van der Waals surface area contributed by atoms with Crippen molar-refractivity contribution in [3.63, 3.8) is 0 Å². The Labute approximate surface area is 191 Å². The summed E-state index contributed by atoms with van der Waals surface area (Å²) in [4.78, 5) is 19.8. The Morgan fingerprint density at radius 1 is 1.10 bits per heavy atom. The Bertz CT molecular complexity index is 597. The highest BCUT2D eigenvalue weighted by molar-refractivity contribution is 14.0. The van der Waals surface area contributed by atoms with Crippen LogP contribution in [0.4, 0.5) is 0 Å². The maximum Gasteiger partial charge on any atom is 0.243 e. The number of guanidine groups is 1. The minimum atomic E-state index is -0.0449. The number of ether oxygens (including phenoxy) is 3. The smallest absolute Gasteiger partial charge is 0.243 e. The Morgan fingerprint density at radius 2 is 1.76 bits per heavy atom. The molecule has 0 saturated carbocycles. The van der Waals surface area contributed by atoms with Crippen molar-refractivity contribution < 1.29 is 19.0 Å². The molecule has 1 N–H and O–H groups in total. The number of aliphatic imine (C=N–C) groups is 1. The number of nitrogens with zero attached hydrogens (tertiary/aromatic N) is 3. The third kappa shape index (κ3) is 11.7. The van der Waals surface area contributed by atoms with Crippen LogP contribution >= 0.6 is 24.0 Å². The highest BCUT2D eigenvalue weighted by atomic mass is 127. The van der Waals surface area contributed by atoms with E-state index in [4.69, 9.17) is 14.2 Å². The number of rotatable bonds is 12. The predicted molar refractivity (Wildman–Crippen MR) is 127 cm³/mol. The molecule has 9 heteroatoms. The number of carbonyl (C=O) groups is 1. The van der Waals surface area contributed by atoms with E-state index in [-0.39, 0.29) is 36.4 Å². The maximum absolute atomic E-state index is 11.9. The number of amides is 1. The van der Waals surface area contributed by atoms with Gasteiger partial charge in [-0.3, -0.25) is 4.79 Å². The zero-order valence-electron chi connectivity index (χ0n) is 18.1. The number of benzene rings is 1. The van der Waals surface area contributed by atoms with Gasteiger partial charge in [-0.1, -0.05) is 0 Å². The van der Waals surface area contributed by atoms with Gasteiger partial charge in [-0.05, 0) is 37.6 Å². The summed E-state index contributed by atoms with van der Waals surface area (Å²) in [6.45, 7) is 5.31. The van der Waals surface area contributed by atoms with E-state index in [1.54, 1.807) is 21.2 Å². The number of hydrogen-bond acceptors (Lipinski definition) is 5. The van der Waals surface area contributed by atoms with Crippen LogP contribution in [-0.4, -0.2) is 89.4 Å². The first-order chi connectivity index (χ1) is 13.5. The van der Waals surface area contributed by atoms with Gasteiger partial charge < -0.3 is 29.3 Å². The molecule has 1 aromatic carbocycles. The molecule has 0 spiro atoms. The molecule has 29 heavy (non-hydrogen) atoms. The van der Waals surface area contributed by atoms with Crippen LogP contribution in [0.15, 0.2) is 29.3 Å². The zero-order chi connectivity index (χ0) is 20.8. The summed E-state index contributed by atoms with van der Waals surface area (Å²) < 4.78 is 16.3. The summed E-state index contributed by atoms with van der Waals surface area (Å²) in [5.74, 6) is 2.20. The molecule has 0 bridgehead atoms. The number of methoxy groups -OCH3 is 1. The third-order valence-corrected chi connectivity index (χ3v) is 3.93. The minimum absolute atomic E-state index is 0. The van der Waals surface area contributed by atoms with E-state index in [1.807, 2.05) is 43.1 Å². The van der Waals surface area contributed by atoms with Crippen molar-refractivity contribution in [2.75, 3.05) is 67.7 Å². The summed E-state index contributed by atoms with van der Waals surface area (Å²) in [5.41, 5.74) is 0. The van der Waals surface area contributed by atoms with E-state index in [1.165, 1.54) is 4.90 Å². The maximum atomic E-state index is 11.9. The average Bonchev–Trinajstić information content (AvgIpc) is 2.70. The number of carbonyl (C=O) groups excluding carboxylic acids is 1. The monoisotopic (exact) mass is 522 g/mol. The van der Waals surface area contributed by atoms with Crippen molar-refractivity contribution in [3.8, 4) is 11.5 Å². The van der Waals surface area contributed by atoms with E-state index in [0.717, 1.165) is 24.5 Å². The number of halogens is 1. The first kappa shape index (κ1) is 27.2. The van der Waals surface area contributed by atoms with Gasteiger partial charge in [0.2, 0.25) is 5.91 Å². The van der Waals surface area contributed by atoms with Crippen LogP contribution in [0.3, 0.4) is 0 Å². The number of likely N-dealkylation sites (N-methyl/N-ethyl adjacent to an activating group) is 2. The van der Waals surface area contributed by atoms with Crippen molar-refractivity contribution >= 4 is 35.8 Å². The van der Waals surface area contributed by atoms with Gasteiger partial charge in [0.25, 0.3) is 0 Å². The van der Waals surface area contributed by atoms with E-state index in [2.05, 4.69) is 10.3 Å². The Kier molecular flexibility index (Phi) is 15.1. The molecule has 0 aromatic heterocycles. The SMILES string of the molecule is CCOCCCNC(=NCC(=O)N(C)C)N(C)CCOc1ccc(OC)cc1.I. The summed E-state index contributed by atoms with van der Waals surface area (Å²) in [7, 11) is 7.00. The lowest BCUT2D eigenvalue weighted by Crippen LogP contribution is -2.42. The van der Waals surface area contributed by atoms with Gasteiger partial charge in [0.1, 0.15) is 24.7 Å². The second kappa shape index (κ2) is 16.1. The molecule has 0 atom stereocenters. The molecule has 1 rings (SSSR count). The van der Waals surface area contributed by atoms with Gasteiger partial charge >= 0.3 is 0 Å². The lowest BCUT2D eigenvalue weighted by molar-refractivity contribution is -0.127. The third-order valence-electron chi connectivity index (χ3n) is 3.93. The zero-order valence-corrected chi connectivity index (χ0v) is 20.5. The predicted octanol–water partition coefficient (Wildman–Crippen LogP) is 2.08. The van der Waals surface area contributed by atoms with Crippen LogP contribution in [0.1, 0.15) is 13.3 Å². The van der Waals surface area contributed by atoms with Gasteiger partial charge in [-0.25, -0.2) is 4.99 Å². The highest BCUT2D eigenvalue weighted by Gasteiger charge is 2.09. The molecule has 166 valence electrons. The Hall–Kier alpha value is -1.75. The summed E-state index contributed by atoms with van der Waals surface area (Å²) >= 11 is 0. The molecule has 0 aliphatic heterocycles. The first-order valence-corrected chi connectivity index (χ1v) is 9.52. The molecule has 0 aliphatic carbocycles. The van der Waals surface area contributed by atoms with Gasteiger partial charge in [0, 0.05) is 40.9 Å². The average molecular weight is 522 g/mol. The first-order valence-electron chi connectivity index (χ1n) is 9.52. The second-order valence-electron chi connectivity index (χ2n) is 6.35. The van der Waals surface area contributed by atoms with Crippen LogP contribution in [0.2, 0.25) is 0 Å². The van der Waals surface area contributed by atoms with Crippen LogP contribution < -0.4 is 14.8 Å². The lowest BCUT2D eigenvalue weighted by atomic mass is 10.3. The van der Waals surface area contributed by atoms with E-state index in [0.29, 0.717) is 32.3 Å². The Morgan fingerprint density at radius 3 is 2.34 bits per heavy atom. The van der Waals surface area contributed by atoms with Crippen LogP contribution in [0.5, 0.6) is 11.5 Å². The number of nitrogens with one attached hydrogen (secondary N) is 1. The fourth-order valence-corrected chi connectivity index (χ4v) is 2.19. The fourth-order valence-electron chi connectivity index (χ4n) is 2.19. The van der Waals surface area contributed by atoms with Crippen LogP contribution in [0.25, 0.3) is 0 Å². The molecule has 1 amide bonds. The van der Waals surface area contributed by atoms with Gasteiger partial charge in [-0.2, -0.15) is 0 Å². The van der Waals surface area contributed by atoms with E-state index in [9.17, 15) is 4.79 Å². The minimum Gasteiger partial charge on any atom is -0.497 e. The molecule has 1 aromatic rings. The van der Waals surface area contributed by atoms with Crippen molar-refractivity contribution in [3.05, 3.63) is 24.3 Å². The van der Waals surface area contributed by atoms with E-state index < -0.39 is 0 Å². The Balaban J connectivity index is 0.00000784. The topological polar surface area (TPSA) is 75.6 Å². The quantitative estimate of drug-likeness (QED) is 0.196. The molecular weight excluding hydrogens is 487 g/mol. The van der Waals surface area contributed by atoms with Crippen molar-refractivity contribution in [2.24, 2.45) is 4.99 Å². The van der Waals surface area contributed by atoms with Gasteiger partial charge in [0.05, 0.1) is 13.7 Å². The highest BCUT2D eigenvalue weighted by Crippen LogP contribution is 2.16. The standard InChI is InChI=1S/C20H34N4O4.HI/c1-6-27-14-7-12-21-20(22-16-19(25)23(2)3)24(4)13-15-28-18-10-8-17(26-5)9-11-18;/h8-11H,6-7,12-16H2,1-5H3,(H,21,22);1H.